The highest BCUT2D eigenvalue weighted by molar-refractivity contribution is 7.10. The van der Waals surface area contributed by atoms with Crippen molar-refractivity contribution in [3.05, 3.63) is 34.0 Å². The Kier molecular flexibility index (Phi) is 4.89. The maximum absolute atomic E-state index is 12.0. The van der Waals surface area contributed by atoms with Gasteiger partial charge in [-0.2, -0.15) is 0 Å². The lowest BCUT2D eigenvalue weighted by Crippen LogP contribution is -2.19. The summed E-state index contributed by atoms with van der Waals surface area (Å²) in [6.07, 6.45) is 1.95. The van der Waals surface area contributed by atoms with E-state index in [2.05, 4.69) is 23.2 Å². The molecule has 1 atom stereocenters. The van der Waals surface area contributed by atoms with Gasteiger partial charge in [0.2, 0.25) is 5.82 Å². The predicted molar refractivity (Wildman–Crippen MR) is 78.1 cm³/mol. The molecule has 0 N–H and O–H groups in total. The molecule has 0 aliphatic heterocycles. The van der Waals surface area contributed by atoms with Crippen LogP contribution in [-0.4, -0.2) is 27.3 Å². The standard InChI is InChI=1S/C14H19N3O2S/c1-4-7-11(12-8-6-9-20-12)17-10(3)15-16-13(17)14(18)19-5-2/h6,8-9,11H,4-5,7H2,1-3H3. The van der Waals surface area contributed by atoms with E-state index in [1.165, 1.54) is 4.88 Å². The quantitative estimate of drug-likeness (QED) is 0.767. The van der Waals surface area contributed by atoms with E-state index in [1.807, 2.05) is 22.9 Å². The highest BCUT2D eigenvalue weighted by atomic mass is 32.1. The molecule has 2 heterocycles. The predicted octanol–water partition coefficient (Wildman–Crippen LogP) is 3.21. The van der Waals surface area contributed by atoms with Gasteiger partial charge in [0.1, 0.15) is 5.82 Å². The number of ether oxygens (including phenoxy) is 1. The number of carbonyl (C=O) groups is 1. The van der Waals surface area contributed by atoms with Gasteiger partial charge in [0.25, 0.3) is 0 Å². The minimum absolute atomic E-state index is 0.0920. The van der Waals surface area contributed by atoms with Gasteiger partial charge < -0.3 is 4.74 Å². The molecule has 108 valence electrons. The molecule has 0 fully saturated rings. The molecule has 0 radical (unpaired) electrons. The number of thiophene rings is 1. The first-order valence-corrected chi connectivity index (χ1v) is 7.69. The van der Waals surface area contributed by atoms with Gasteiger partial charge in [0, 0.05) is 4.88 Å². The molecule has 1 unspecified atom stereocenters. The summed E-state index contributed by atoms with van der Waals surface area (Å²) in [6, 6.07) is 4.19. The Morgan fingerprint density at radius 1 is 1.45 bits per heavy atom. The number of carbonyl (C=O) groups excluding carboxylic acids is 1. The van der Waals surface area contributed by atoms with Gasteiger partial charge in [-0.05, 0) is 31.7 Å². The molecule has 0 bridgehead atoms. The first-order chi connectivity index (χ1) is 9.69. The van der Waals surface area contributed by atoms with Gasteiger partial charge in [-0.15, -0.1) is 21.5 Å². The van der Waals surface area contributed by atoms with Crippen molar-refractivity contribution >= 4 is 17.3 Å². The van der Waals surface area contributed by atoms with Gasteiger partial charge in [0.05, 0.1) is 12.6 Å². The van der Waals surface area contributed by atoms with Crippen LogP contribution < -0.4 is 0 Å². The second-order valence-corrected chi connectivity index (χ2v) is 5.46. The van der Waals surface area contributed by atoms with E-state index in [4.69, 9.17) is 4.74 Å². The first-order valence-electron chi connectivity index (χ1n) is 6.81. The maximum atomic E-state index is 12.0. The van der Waals surface area contributed by atoms with Crippen molar-refractivity contribution in [2.24, 2.45) is 0 Å². The smallest absolute Gasteiger partial charge is 0.376 e. The molecular formula is C14H19N3O2S. The Hall–Kier alpha value is -1.69. The average molecular weight is 293 g/mol. The van der Waals surface area contributed by atoms with E-state index >= 15 is 0 Å². The summed E-state index contributed by atoms with van der Waals surface area (Å²) in [5.41, 5.74) is 0. The molecule has 0 aliphatic carbocycles. The number of hydrogen-bond acceptors (Lipinski definition) is 5. The fraction of sp³-hybridized carbons (Fsp3) is 0.500. The molecule has 0 aliphatic rings. The number of esters is 1. The molecule has 0 aromatic carbocycles. The molecule has 0 amide bonds. The summed E-state index contributed by atoms with van der Waals surface area (Å²) >= 11 is 1.68. The number of hydrogen-bond donors (Lipinski definition) is 0. The fourth-order valence-electron chi connectivity index (χ4n) is 2.23. The van der Waals surface area contributed by atoms with Gasteiger partial charge >= 0.3 is 5.97 Å². The van der Waals surface area contributed by atoms with E-state index in [0.717, 1.165) is 18.7 Å². The van der Waals surface area contributed by atoms with Crippen molar-refractivity contribution in [1.82, 2.24) is 14.8 Å². The fourth-order valence-corrected chi connectivity index (χ4v) is 3.08. The Morgan fingerprint density at radius 3 is 2.85 bits per heavy atom. The van der Waals surface area contributed by atoms with Crippen LogP contribution in [-0.2, 0) is 4.74 Å². The third-order valence-corrected chi connectivity index (χ3v) is 4.04. The zero-order chi connectivity index (χ0) is 14.5. The maximum Gasteiger partial charge on any atom is 0.376 e. The van der Waals surface area contributed by atoms with Gasteiger partial charge in [-0.1, -0.05) is 19.4 Å². The molecule has 0 spiro atoms. The van der Waals surface area contributed by atoms with Crippen molar-refractivity contribution in [3.63, 3.8) is 0 Å². The zero-order valence-corrected chi connectivity index (χ0v) is 12.8. The van der Waals surface area contributed by atoms with Crippen LogP contribution in [0.25, 0.3) is 0 Å². The lowest BCUT2D eigenvalue weighted by atomic mass is 10.1. The number of aromatic nitrogens is 3. The van der Waals surface area contributed by atoms with Crippen LogP contribution in [0.1, 0.15) is 54.1 Å². The van der Waals surface area contributed by atoms with Crippen LogP contribution in [0.5, 0.6) is 0 Å². The van der Waals surface area contributed by atoms with Crippen LogP contribution in [0.3, 0.4) is 0 Å². The molecule has 5 nitrogen and oxygen atoms in total. The third kappa shape index (κ3) is 2.90. The van der Waals surface area contributed by atoms with Crippen molar-refractivity contribution in [3.8, 4) is 0 Å². The number of aryl methyl sites for hydroxylation is 1. The average Bonchev–Trinajstić information content (AvgIpc) is 3.06. The van der Waals surface area contributed by atoms with Gasteiger partial charge in [0.15, 0.2) is 0 Å². The summed E-state index contributed by atoms with van der Waals surface area (Å²) in [6.45, 7) is 6.12. The highest BCUT2D eigenvalue weighted by Crippen LogP contribution is 2.29. The first kappa shape index (κ1) is 14.7. The second-order valence-electron chi connectivity index (χ2n) is 4.48. The summed E-state index contributed by atoms with van der Waals surface area (Å²) in [5, 5.41) is 10.1. The lowest BCUT2D eigenvalue weighted by Gasteiger charge is -2.19. The Morgan fingerprint density at radius 2 is 2.25 bits per heavy atom. The largest absolute Gasteiger partial charge is 0.460 e. The van der Waals surface area contributed by atoms with Crippen molar-refractivity contribution in [2.75, 3.05) is 6.61 Å². The zero-order valence-electron chi connectivity index (χ0n) is 12.0. The van der Waals surface area contributed by atoms with Crippen molar-refractivity contribution < 1.29 is 9.53 Å². The van der Waals surface area contributed by atoms with Gasteiger partial charge in [-0.3, -0.25) is 4.57 Å². The second kappa shape index (κ2) is 6.65. The van der Waals surface area contributed by atoms with E-state index in [1.54, 1.807) is 18.3 Å². The molecule has 2 aromatic heterocycles. The minimum atomic E-state index is -0.411. The lowest BCUT2D eigenvalue weighted by molar-refractivity contribution is 0.0503. The Labute approximate surface area is 122 Å². The summed E-state index contributed by atoms with van der Waals surface area (Å²) in [7, 11) is 0. The minimum Gasteiger partial charge on any atom is -0.460 e. The normalized spacial score (nSPS) is 12.3. The van der Waals surface area contributed by atoms with E-state index in [0.29, 0.717) is 6.61 Å². The molecule has 2 rings (SSSR count). The highest BCUT2D eigenvalue weighted by Gasteiger charge is 2.25. The SMILES string of the molecule is CCCC(c1cccs1)n1c(C)nnc1C(=O)OCC. The number of nitrogens with zero attached hydrogens (tertiary/aromatic N) is 3. The van der Waals surface area contributed by atoms with E-state index in [-0.39, 0.29) is 11.9 Å². The molecule has 0 saturated heterocycles. The number of rotatable bonds is 6. The third-order valence-electron chi connectivity index (χ3n) is 3.07. The van der Waals surface area contributed by atoms with Gasteiger partial charge in [-0.25, -0.2) is 4.79 Å². The molecular weight excluding hydrogens is 274 g/mol. The van der Waals surface area contributed by atoms with Crippen LogP contribution in [0.4, 0.5) is 0 Å². The van der Waals surface area contributed by atoms with Crippen LogP contribution in [0.2, 0.25) is 0 Å². The molecule has 6 heteroatoms. The molecule has 20 heavy (non-hydrogen) atoms. The summed E-state index contributed by atoms with van der Waals surface area (Å²) < 4.78 is 6.96. The molecule has 0 saturated carbocycles. The monoisotopic (exact) mass is 293 g/mol. The van der Waals surface area contributed by atoms with E-state index in [9.17, 15) is 4.79 Å². The van der Waals surface area contributed by atoms with Crippen molar-refractivity contribution in [1.29, 1.82) is 0 Å². The van der Waals surface area contributed by atoms with E-state index < -0.39 is 5.97 Å². The summed E-state index contributed by atoms with van der Waals surface area (Å²) in [4.78, 5) is 13.2. The molecule has 2 aromatic rings. The van der Waals surface area contributed by atoms with Crippen LogP contribution >= 0.6 is 11.3 Å². The van der Waals surface area contributed by atoms with Crippen LogP contribution in [0.15, 0.2) is 17.5 Å². The Balaban J connectivity index is 2.43. The Bertz CT molecular complexity index is 563. The summed E-state index contributed by atoms with van der Waals surface area (Å²) in [5.74, 6) is 0.613. The van der Waals surface area contributed by atoms with Crippen molar-refractivity contribution in [2.45, 2.75) is 39.7 Å². The topological polar surface area (TPSA) is 57.0 Å². The van der Waals surface area contributed by atoms with Crippen LogP contribution in [0, 0.1) is 6.92 Å².